The quantitative estimate of drug-likeness (QED) is 0.396. The number of carbonyl (C=O) groups is 1. The first-order valence-electron chi connectivity index (χ1n) is 11.9. The van der Waals surface area contributed by atoms with Crippen LogP contribution in [0.5, 0.6) is 5.75 Å². The molecule has 3 rings (SSSR count). The van der Waals surface area contributed by atoms with Crippen LogP contribution in [0.1, 0.15) is 47.6 Å². The molecule has 0 heterocycles. The average molecular weight is 461 g/mol. The number of hydrogen-bond acceptors (Lipinski definition) is 4. The number of aliphatic hydroxyl groups excluding tert-OH is 1. The first-order valence-corrected chi connectivity index (χ1v) is 11.9. The Morgan fingerprint density at radius 3 is 2.38 bits per heavy atom. The van der Waals surface area contributed by atoms with Gasteiger partial charge in [0.05, 0.1) is 13.0 Å². The van der Waals surface area contributed by atoms with E-state index in [4.69, 9.17) is 0 Å². The van der Waals surface area contributed by atoms with Crippen molar-refractivity contribution in [1.29, 1.82) is 0 Å². The fourth-order valence-corrected chi connectivity index (χ4v) is 4.08. The van der Waals surface area contributed by atoms with E-state index in [2.05, 4.69) is 31.3 Å². The van der Waals surface area contributed by atoms with Crippen molar-refractivity contribution < 1.29 is 15.0 Å². The molecule has 0 bridgehead atoms. The van der Waals surface area contributed by atoms with Crippen LogP contribution in [0.2, 0.25) is 0 Å². The van der Waals surface area contributed by atoms with Gasteiger partial charge in [-0.3, -0.25) is 4.79 Å². The van der Waals surface area contributed by atoms with Crippen LogP contribution in [0, 0.1) is 0 Å². The van der Waals surface area contributed by atoms with Crippen LogP contribution in [-0.4, -0.2) is 40.7 Å². The van der Waals surface area contributed by atoms with Crippen molar-refractivity contribution in [3.63, 3.8) is 0 Å². The predicted molar refractivity (Wildman–Crippen MR) is 137 cm³/mol. The van der Waals surface area contributed by atoms with Gasteiger partial charge in [-0.15, -0.1) is 0 Å². The van der Waals surface area contributed by atoms with Gasteiger partial charge in [-0.25, -0.2) is 0 Å². The number of likely N-dealkylation sites (N-methyl/N-ethyl adjacent to an activating group) is 1. The van der Waals surface area contributed by atoms with Gasteiger partial charge in [-0.2, -0.15) is 0 Å². The Kier molecular flexibility index (Phi) is 9.25. The summed E-state index contributed by atoms with van der Waals surface area (Å²) in [6.45, 7) is 5.52. The van der Waals surface area contributed by atoms with E-state index in [-0.39, 0.29) is 30.2 Å². The summed E-state index contributed by atoms with van der Waals surface area (Å²) >= 11 is 0. The monoisotopic (exact) mass is 460 g/mol. The van der Waals surface area contributed by atoms with E-state index in [1.165, 1.54) is 5.56 Å². The van der Waals surface area contributed by atoms with Crippen LogP contribution in [0.3, 0.4) is 0 Å². The summed E-state index contributed by atoms with van der Waals surface area (Å²) in [5.74, 6) is 0.485. The van der Waals surface area contributed by atoms with E-state index >= 15 is 0 Å². The third kappa shape index (κ3) is 7.44. The summed E-state index contributed by atoms with van der Waals surface area (Å²) < 4.78 is 0. The van der Waals surface area contributed by atoms with Crippen LogP contribution in [0.4, 0.5) is 0 Å². The van der Waals surface area contributed by atoms with Crippen molar-refractivity contribution in [3.05, 3.63) is 101 Å². The normalized spacial score (nSPS) is 12.8. The number of aliphatic hydroxyl groups is 1. The molecule has 0 aliphatic heterocycles. The van der Waals surface area contributed by atoms with Crippen molar-refractivity contribution in [2.75, 3.05) is 13.6 Å². The van der Waals surface area contributed by atoms with Gasteiger partial charge in [0, 0.05) is 31.7 Å². The number of aromatic hydroxyl groups is 1. The lowest BCUT2D eigenvalue weighted by Crippen LogP contribution is -2.31. The highest BCUT2D eigenvalue weighted by Crippen LogP contribution is 2.23. The molecular formula is C29H36N2O3. The van der Waals surface area contributed by atoms with Gasteiger partial charge >= 0.3 is 0 Å². The maximum atomic E-state index is 12.7. The maximum Gasteiger partial charge on any atom is 0.227 e. The van der Waals surface area contributed by atoms with E-state index in [1.54, 1.807) is 11.0 Å². The molecule has 0 spiro atoms. The Labute approximate surface area is 203 Å². The van der Waals surface area contributed by atoms with Crippen molar-refractivity contribution in [2.45, 2.75) is 51.8 Å². The Balaban J connectivity index is 1.50. The summed E-state index contributed by atoms with van der Waals surface area (Å²) in [4.78, 5) is 14.5. The first kappa shape index (κ1) is 25.5. The molecule has 5 nitrogen and oxygen atoms in total. The number of carbonyl (C=O) groups excluding carboxylic acids is 1. The summed E-state index contributed by atoms with van der Waals surface area (Å²) in [6.07, 6.45) is 1.26. The Hall–Kier alpha value is -3.15. The molecule has 3 aromatic carbocycles. The Morgan fingerprint density at radius 1 is 0.941 bits per heavy atom. The molecule has 1 amide bonds. The van der Waals surface area contributed by atoms with Crippen molar-refractivity contribution in [2.24, 2.45) is 0 Å². The number of amides is 1. The molecule has 180 valence electrons. The van der Waals surface area contributed by atoms with Crippen LogP contribution >= 0.6 is 0 Å². The van der Waals surface area contributed by atoms with Gasteiger partial charge in [-0.05, 0) is 53.6 Å². The number of benzene rings is 3. The largest absolute Gasteiger partial charge is 0.508 e. The minimum atomic E-state index is -0.170. The molecule has 0 radical (unpaired) electrons. The molecule has 0 aliphatic carbocycles. The lowest BCUT2D eigenvalue weighted by Gasteiger charge is -2.20. The fraction of sp³-hybridized carbons (Fsp3) is 0.345. The summed E-state index contributed by atoms with van der Waals surface area (Å²) in [5.41, 5.74) is 5.00. The number of phenols is 1. The van der Waals surface area contributed by atoms with Gasteiger partial charge in [0.2, 0.25) is 5.91 Å². The van der Waals surface area contributed by atoms with Gasteiger partial charge in [-0.1, -0.05) is 67.6 Å². The molecule has 0 saturated heterocycles. The van der Waals surface area contributed by atoms with Gasteiger partial charge in [0.15, 0.2) is 0 Å². The van der Waals surface area contributed by atoms with Crippen LogP contribution < -0.4 is 5.32 Å². The summed E-state index contributed by atoms with van der Waals surface area (Å²) in [6, 6.07) is 24.0. The lowest BCUT2D eigenvalue weighted by atomic mass is 9.97. The topological polar surface area (TPSA) is 72.8 Å². The van der Waals surface area contributed by atoms with E-state index in [9.17, 15) is 15.0 Å². The molecule has 3 N–H and O–H groups in total. The van der Waals surface area contributed by atoms with Gasteiger partial charge < -0.3 is 20.4 Å². The zero-order valence-corrected chi connectivity index (χ0v) is 20.4. The molecule has 2 atom stereocenters. The number of nitrogens with one attached hydrogen (secondary N) is 1. The van der Waals surface area contributed by atoms with Crippen molar-refractivity contribution in [1.82, 2.24) is 10.2 Å². The molecule has 0 aromatic heterocycles. The highest BCUT2D eigenvalue weighted by molar-refractivity contribution is 5.78. The molecule has 0 aliphatic rings. The second-order valence-electron chi connectivity index (χ2n) is 9.19. The first-order chi connectivity index (χ1) is 16.4. The molecular weight excluding hydrogens is 424 g/mol. The zero-order valence-electron chi connectivity index (χ0n) is 20.4. The number of rotatable bonds is 11. The highest BCUT2D eigenvalue weighted by Gasteiger charge is 2.13. The predicted octanol–water partition coefficient (Wildman–Crippen LogP) is 4.41. The van der Waals surface area contributed by atoms with Crippen LogP contribution in [0.15, 0.2) is 72.8 Å². The van der Waals surface area contributed by atoms with E-state index in [1.807, 2.05) is 61.6 Å². The minimum Gasteiger partial charge on any atom is -0.508 e. The van der Waals surface area contributed by atoms with E-state index < -0.39 is 0 Å². The molecule has 0 saturated carbocycles. The Bertz CT molecular complexity index is 1070. The molecule has 3 aromatic rings. The average Bonchev–Trinajstić information content (AvgIpc) is 2.83. The van der Waals surface area contributed by atoms with Crippen LogP contribution in [-0.2, 0) is 30.8 Å². The third-order valence-electron chi connectivity index (χ3n) is 6.19. The summed E-state index contributed by atoms with van der Waals surface area (Å²) in [7, 11) is 1.85. The fourth-order valence-electron chi connectivity index (χ4n) is 4.08. The number of nitrogens with zero attached hydrogens (tertiary/aromatic N) is 1. The third-order valence-corrected chi connectivity index (χ3v) is 6.19. The van der Waals surface area contributed by atoms with Gasteiger partial charge in [0.1, 0.15) is 5.75 Å². The molecule has 5 heteroatoms. The second kappa shape index (κ2) is 12.4. The second-order valence-corrected chi connectivity index (χ2v) is 9.19. The minimum absolute atomic E-state index is 0.108. The Morgan fingerprint density at radius 2 is 1.65 bits per heavy atom. The highest BCUT2D eigenvalue weighted by atomic mass is 16.3. The lowest BCUT2D eigenvalue weighted by molar-refractivity contribution is -0.129. The molecule has 34 heavy (non-hydrogen) atoms. The van der Waals surface area contributed by atoms with E-state index in [0.717, 1.165) is 29.7 Å². The molecule has 0 fully saturated rings. The standard InChI is InChI=1S/C29H36N2O3/c1-21(26-12-13-28(33)27(17-26)20-32)18-30-22(2)14-24-10-7-11-25(15-24)16-29(34)31(3)19-23-8-5-4-6-9-23/h4-13,15,17,21-22,30,32-33H,14,16,18-20H2,1-3H3/t21?,22-/m1/s1. The van der Waals surface area contributed by atoms with Crippen molar-refractivity contribution >= 4 is 5.91 Å². The smallest absolute Gasteiger partial charge is 0.227 e. The van der Waals surface area contributed by atoms with Crippen LogP contribution in [0.25, 0.3) is 0 Å². The SMILES string of the molecule is CC(CN[C@H](C)Cc1cccc(CC(=O)N(C)Cc2ccccc2)c1)c1ccc(O)c(CO)c1. The van der Waals surface area contributed by atoms with Gasteiger partial charge in [0.25, 0.3) is 0 Å². The zero-order chi connectivity index (χ0) is 24.5. The van der Waals surface area contributed by atoms with E-state index in [0.29, 0.717) is 18.5 Å². The van der Waals surface area contributed by atoms with Crippen molar-refractivity contribution in [3.8, 4) is 5.75 Å². The number of hydrogen-bond donors (Lipinski definition) is 3. The maximum absolute atomic E-state index is 12.7. The molecule has 1 unspecified atom stereocenters. The summed E-state index contributed by atoms with van der Waals surface area (Å²) in [5, 5.41) is 22.7.